The molecule has 0 spiro atoms. The molecular formula is C18H16ClF3N2O2. The second-order valence-corrected chi connectivity index (χ2v) is 5.90. The van der Waals surface area contributed by atoms with E-state index in [-0.39, 0.29) is 12.2 Å². The molecule has 2 aromatic carbocycles. The van der Waals surface area contributed by atoms with Crippen molar-refractivity contribution in [3.63, 3.8) is 0 Å². The second kappa shape index (κ2) is 8.71. The SMILES string of the molecule is O=C(NCCCc1ccccc1)C(=O)Nc1ccc(Cl)c(C(F)(F)F)c1. The van der Waals surface area contributed by atoms with Gasteiger partial charge in [0.05, 0.1) is 10.6 Å². The number of carbonyl (C=O) groups is 2. The lowest BCUT2D eigenvalue weighted by Crippen LogP contribution is -2.36. The molecule has 2 aromatic rings. The first-order chi connectivity index (χ1) is 12.3. The number of carbonyl (C=O) groups excluding carboxylic acids is 2. The molecule has 138 valence electrons. The Balaban J connectivity index is 1.84. The van der Waals surface area contributed by atoms with Crippen molar-refractivity contribution in [3.8, 4) is 0 Å². The smallest absolute Gasteiger partial charge is 0.348 e. The Labute approximate surface area is 153 Å². The number of hydrogen-bond donors (Lipinski definition) is 2. The topological polar surface area (TPSA) is 58.2 Å². The van der Waals surface area contributed by atoms with Gasteiger partial charge >= 0.3 is 18.0 Å². The highest BCUT2D eigenvalue weighted by Crippen LogP contribution is 2.36. The van der Waals surface area contributed by atoms with Crippen LogP contribution in [0.3, 0.4) is 0 Å². The molecule has 2 rings (SSSR count). The van der Waals surface area contributed by atoms with Gasteiger partial charge in [-0.15, -0.1) is 0 Å². The van der Waals surface area contributed by atoms with E-state index in [9.17, 15) is 22.8 Å². The fraction of sp³-hybridized carbons (Fsp3) is 0.222. The normalized spacial score (nSPS) is 11.1. The van der Waals surface area contributed by atoms with Crippen LogP contribution in [0.2, 0.25) is 5.02 Å². The van der Waals surface area contributed by atoms with Crippen LogP contribution in [-0.4, -0.2) is 18.4 Å². The van der Waals surface area contributed by atoms with E-state index in [2.05, 4.69) is 10.6 Å². The zero-order valence-corrected chi connectivity index (χ0v) is 14.3. The first-order valence-corrected chi connectivity index (χ1v) is 8.15. The average molecular weight is 385 g/mol. The van der Waals surface area contributed by atoms with Crippen molar-refractivity contribution in [2.24, 2.45) is 0 Å². The number of rotatable bonds is 5. The number of amides is 2. The van der Waals surface area contributed by atoms with Crippen LogP contribution < -0.4 is 10.6 Å². The van der Waals surface area contributed by atoms with Crippen LogP contribution in [0.1, 0.15) is 17.5 Å². The molecule has 0 saturated heterocycles. The Morgan fingerprint density at radius 3 is 2.35 bits per heavy atom. The number of alkyl halides is 3. The van der Waals surface area contributed by atoms with Gasteiger partial charge in [0.15, 0.2) is 0 Å². The summed E-state index contributed by atoms with van der Waals surface area (Å²) in [5, 5.41) is 4.07. The van der Waals surface area contributed by atoms with Gasteiger partial charge in [-0.25, -0.2) is 0 Å². The van der Waals surface area contributed by atoms with Gasteiger partial charge in [0.2, 0.25) is 0 Å². The van der Waals surface area contributed by atoms with Crippen molar-refractivity contribution in [2.75, 3.05) is 11.9 Å². The lowest BCUT2D eigenvalue weighted by molar-refractivity contribution is -0.137. The summed E-state index contributed by atoms with van der Waals surface area (Å²) in [7, 11) is 0. The summed E-state index contributed by atoms with van der Waals surface area (Å²) in [5.41, 5.74) is -0.140. The third-order valence-corrected chi connectivity index (χ3v) is 3.84. The Morgan fingerprint density at radius 2 is 1.69 bits per heavy atom. The van der Waals surface area contributed by atoms with E-state index in [0.717, 1.165) is 18.1 Å². The molecule has 8 heteroatoms. The summed E-state index contributed by atoms with van der Waals surface area (Å²) in [4.78, 5) is 23.5. The molecule has 0 aromatic heterocycles. The van der Waals surface area contributed by atoms with E-state index < -0.39 is 28.6 Å². The minimum absolute atomic E-state index is 0.161. The van der Waals surface area contributed by atoms with Crippen LogP contribution in [0.4, 0.5) is 18.9 Å². The minimum atomic E-state index is -4.66. The second-order valence-electron chi connectivity index (χ2n) is 5.49. The van der Waals surface area contributed by atoms with Crippen LogP contribution in [-0.2, 0) is 22.2 Å². The molecule has 2 N–H and O–H groups in total. The molecule has 0 fully saturated rings. The maximum Gasteiger partial charge on any atom is 0.417 e. The summed E-state index contributed by atoms with van der Waals surface area (Å²) < 4.78 is 38.4. The van der Waals surface area contributed by atoms with Gasteiger partial charge in [-0.1, -0.05) is 41.9 Å². The van der Waals surface area contributed by atoms with Gasteiger partial charge in [-0.3, -0.25) is 9.59 Å². The van der Waals surface area contributed by atoms with Crippen molar-refractivity contribution in [1.82, 2.24) is 5.32 Å². The van der Waals surface area contributed by atoms with Gasteiger partial charge in [0, 0.05) is 12.2 Å². The van der Waals surface area contributed by atoms with Gasteiger partial charge in [-0.05, 0) is 36.6 Å². The largest absolute Gasteiger partial charge is 0.417 e. The van der Waals surface area contributed by atoms with Gasteiger partial charge in [-0.2, -0.15) is 13.2 Å². The monoisotopic (exact) mass is 384 g/mol. The molecular weight excluding hydrogens is 369 g/mol. The lowest BCUT2D eigenvalue weighted by atomic mass is 10.1. The third kappa shape index (κ3) is 5.77. The number of hydrogen-bond acceptors (Lipinski definition) is 2. The van der Waals surface area contributed by atoms with E-state index in [1.165, 1.54) is 6.07 Å². The van der Waals surface area contributed by atoms with Crippen molar-refractivity contribution < 1.29 is 22.8 Å². The van der Waals surface area contributed by atoms with E-state index in [4.69, 9.17) is 11.6 Å². The summed E-state index contributed by atoms with van der Waals surface area (Å²) in [6, 6.07) is 12.5. The number of aryl methyl sites for hydroxylation is 1. The molecule has 0 aliphatic rings. The van der Waals surface area contributed by atoms with Crippen molar-refractivity contribution in [3.05, 3.63) is 64.7 Å². The van der Waals surface area contributed by atoms with E-state index >= 15 is 0 Å². The molecule has 2 amide bonds. The van der Waals surface area contributed by atoms with Gasteiger partial charge in [0.1, 0.15) is 0 Å². The predicted octanol–water partition coefficient (Wildman–Crippen LogP) is 4.05. The number of halogens is 4. The molecule has 0 unspecified atom stereocenters. The van der Waals surface area contributed by atoms with Gasteiger partial charge < -0.3 is 10.6 Å². The highest BCUT2D eigenvalue weighted by atomic mass is 35.5. The highest BCUT2D eigenvalue weighted by Gasteiger charge is 2.33. The fourth-order valence-electron chi connectivity index (χ4n) is 2.23. The zero-order chi connectivity index (χ0) is 19.2. The Morgan fingerprint density at radius 1 is 1.00 bits per heavy atom. The Bertz CT molecular complexity index is 780. The first kappa shape index (κ1) is 19.8. The van der Waals surface area contributed by atoms with E-state index in [1.807, 2.05) is 30.3 Å². The number of benzene rings is 2. The van der Waals surface area contributed by atoms with Crippen LogP contribution in [0.15, 0.2) is 48.5 Å². The van der Waals surface area contributed by atoms with Crippen LogP contribution in [0.25, 0.3) is 0 Å². The molecule has 0 bridgehead atoms. The summed E-state index contributed by atoms with van der Waals surface area (Å²) in [6.07, 6.45) is -3.30. The fourth-order valence-corrected chi connectivity index (χ4v) is 2.45. The molecule has 26 heavy (non-hydrogen) atoms. The third-order valence-electron chi connectivity index (χ3n) is 3.51. The van der Waals surface area contributed by atoms with E-state index in [1.54, 1.807) is 0 Å². The molecule has 0 aliphatic carbocycles. The van der Waals surface area contributed by atoms with Gasteiger partial charge in [0.25, 0.3) is 0 Å². The quantitative estimate of drug-likeness (QED) is 0.603. The number of nitrogens with one attached hydrogen (secondary N) is 2. The van der Waals surface area contributed by atoms with E-state index in [0.29, 0.717) is 12.5 Å². The van der Waals surface area contributed by atoms with Crippen molar-refractivity contribution >= 4 is 29.1 Å². The summed E-state index contributed by atoms with van der Waals surface area (Å²) >= 11 is 5.50. The molecule has 0 atom stereocenters. The lowest BCUT2D eigenvalue weighted by Gasteiger charge is -2.11. The van der Waals surface area contributed by atoms with Crippen molar-refractivity contribution in [2.45, 2.75) is 19.0 Å². The Kier molecular flexibility index (Phi) is 6.63. The van der Waals surface area contributed by atoms with Crippen LogP contribution in [0, 0.1) is 0 Å². The predicted molar refractivity (Wildman–Crippen MR) is 92.9 cm³/mol. The molecule has 0 radical (unpaired) electrons. The molecule has 0 saturated carbocycles. The zero-order valence-electron chi connectivity index (χ0n) is 13.6. The standard InChI is InChI=1S/C18H16ClF3N2O2/c19-15-9-8-13(11-14(15)18(20,21)22)24-17(26)16(25)23-10-4-7-12-5-2-1-3-6-12/h1-3,5-6,8-9,11H,4,7,10H2,(H,23,25)(H,24,26). The average Bonchev–Trinajstić information content (AvgIpc) is 2.60. The van der Waals surface area contributed by atoms with Crippen LogP contribution in [0.5, 0.6) is 0 Å². The maximum atomic E-state index is 12.8. The molecule has 0 heterocycles. The summed E-state index contributed by atoms with van der Waals surface area (Å²) in [6.45, 7) is 0.273. The first-order valence-electron chi connectivity index (χ1n) is 7.77. The summed E-state index contributed by atoms with van der Waals surface area (Å²) in [5.74, 6) is -1.96. The maximum absolute atomic E-state index is 12.8. The number of anilines is 1. The highest BCUT2D eigenvalue weighted by molar-refractivity contribution is 6.39. The minimum Gasteiger partial charge on any atom is -0.348 e. The Hall–Kier alpha value is -2.54. The molecule has 4 nitrogen and oxygen atoms in total. The van der Waals surface area contributed by atoms with Crippen LogP contribution >= 0.6 is 11.6 Å². The molecule has 0 aliphatic heterocycles. The van der Waals surface area contributed by atoms with Crippen molar-refractivity contribution in [1.29, 1.82) is 0 Å².